The van der Waals surface area contributed by atoms with Crippen molar-refractivity contribution in [2.45, 2.75) is 19.9 Å². The molecule has 0 saturated carbocycles. The number of ether oxygens (including phenoxy) is 2. The van der Waals surface area contributed by atoms with Crippen LogP contribution in [0.15, 0.2) is 48.5 Å². The lowest BCUT2D eigenvalue weighted by Crippen LogP contribution is -2.07. The third kappa shape index (κ3) is 3.44. The van der Waals surface area contributed by atoms with Crippen molar-refractivity contribution in [1.29, 1.82) is 0 Å². The summed E-state index contributed by atoms with van der Waals surface area (Å²) in [4.78, 5) is 0. The highest BCUT2D eigenvalue weighted by atomic mass is 16.5. The molecule has 1 N–H and O–H groups in total. The smallest absolute Gasteiger partial charge is 0.141 e. The van der Waals surface area contributed by atoms with Gasteiger partial charge in [-0.25, -0.2) is 0 Å². The fourth-order valence-corrected chi connectivity index (χ4v) is 2.10. The Labute approximate surface area is 120 Å². The Balaban J connectivity index is 2.09. The summed E-state index contributed by atoms with van der Waals surface area (Å²) in [5.41, 5.74) is 2.20. The number of methoxy groups -OCH3 is 1. The lowest BCUT2D eigenvalue weighted by Gasteiger charge is -2.18. The van der Waals surface area contributed by atoms with Crippen LogP contribution in [0, 0.1) is 0 Å². The first-order valence-electron chi connectivity index (χ1n) is 6.87. The van der Waals surface area contributed by atoms with E-state index in [0.717, 1.165) is 17.2 Å². The second kappa shape index (κ2) is 6.85. The Hall–Kier alpha value is -2.16. The standard InChI is InChI=1S/C17H21NO2/c1-4-20-15-11-9-14(10-12-15)13(2)18-16-7-5-6-8-17(16)19-3/h5-13,18H,4H2,1-3H3. The molecule has 2 aromatic carbocycles. The Morgan fingerprint density at radius 2 is 1.75 bits per heavy atom. The van der Waals surface area contributed by atoms with Gasteiger partial charge in [0.25, 0.3) is 0 Å². The number of hydrogen-bond donors (Lipinski definition) is 1. The molecular weight excluding hydrogens is 250 g/mol. The monoisotopic (exact) mass is 271 g/mol. The van der Waals surface area contributed by atoms with Crippen LogP contribution < -0.4 is 14.8 Å². The van der Waals surface area contributed by atoms with E-state index >= 15 is 0 Å². The molecule has 2 aromatic rings. The molecule has 0 amide bonds. The van der Waals surface area contributed by atoms with E-state index < -0.39 is 0 Å². The number of anilines is 1. The van der Waals surface area contributed by atoms with Crippen LogP contribution in [-0.4, -0.2) is 13.7 Å². The maximum atomic E-state index is 5.45. The molecule has 0 saturated heterocycles. The van der Waals surface area contributed by atoms with Crippen LogP contribution in [0.4, 0.5) is 5.69 Å². The van der Waals surface area contributed by atoms with Crippen molar-refractivity contribution in [3.63, 3.8) is 0 Å². The zero-order chi connectivity index (χ0) is 14.4. The highest BCUT2D eigenvalue weighted by molar-refractivity contribution is 5.57. The molecule has 0 aromatic heterocycles. The van der Waals surface area contributed by atoms with Gasteiger partial charge in [-0.2, -0.15) is 0 Å². The largest absolute Gasteiger partial charge is 0.495 e. The summed E-state index contributed by atoms with van der Waals surface area (Å²) in [7, 11) is 1.68. The van der Waals surface area contributed by atoms with Crippen LogP contribution in [-0.2, 0) is 0 Å². The van der Waals surface area contributed by atoms with Crippen LogP contribution in [0.3, 0.4) is 0 Å². The first-order valence-corrected chi connectivity index (χ1v) is 6.87. The molecule has 0 heterocycles. The molecular formula is C17H21NO2. The molecule has 20 heavy (non-hydrogen) atoms. The fourth-order valence-electron chi connectivity index (χ4n) is 2.10. The van der Waals surface area contributed by atoms with Crippen LogP contribution in [0.25, 0.3) is 0 Å². The predicted octanol–water partition coefficient (Wildman–Crippen LogP) is 4.27. The molecule has 1 atom stereocenters. The van der Waals surface area contributed by atoms with Crippen LogP contribution >= 0.6 is 0 Å². The average Bonchev–Trinajstić information content (AvgIpc) is 2.49. The van der Waals surface area contributed by atoms with Crippen LogP contribution in [0.2, 0.25) is 0 Å². The molecule has 0 aliphatic carbocycles. The van der Waals surface area contributed by atoms with Crippen LogP contribution in [0.5, 0.6) is 11.5 Å². The molecule has 3 nitrogen and oxygen atoms in total. The van der Waals surface area contributed by atoms with Gasteiger partial charge in [0.05, 0.1) is 19.4 Å². The molecule has 0 aliphatic rings. The van der Waals surface area contributed by atoms with Gasteiger partial charge < -0.3 is 14.8 Å². The maximum absolute atomic E-state index is 5.45. The minimum Gasteiger partial charge on any atom is -0.495 e. The molecule has 2 rings (SSSR count). The van der Waals surface area contributed by atoms with Gasteiger partial charge in [0.15, 0.2) is 0 Å². The summed E-state index contributed by atoms with van der Waals surface area (Å²) in [6.07, 6.45) is 0. The summed E-state index contributed by atoms with van der Waals surface area (Å²) in [6.45, 7) is 4.80. The Kier molecular flexibility index (Phi) is 4.88. The van der Waals surface area contributed by atoms with Gasteiger partial charge in [-0.3, -0.25) is 0 Å². The van der Waals surface area contributed by atoms with Crippen molar-refractivity contribution in [1.82, 2.24) is 0 Å². The van der Waals surface area contributed by atoms with Crippen molar-refractivity contribution in [2.24, 2.45) is 0 Å². The average molecular weight is 271 g/mol. The van der Waals surface area contributed by atoms with E-state index in [1.54, 1.807) is 7.11 Å². The maximum Gasteiger partial charge on any atom is 0.141 e. The summed E-state index contributed by atoms with van der Waals surface area (Å²) in [6, 6.07) is 16.3. The van der Waals surface area contributed by atoms with E-state index in [0.29, 0.717) is 6.61 Å². The second-order valence-corrected chi connectivity index (χ2v) is 4.57. The van der Waals surface area contributed by atoms with Gasteiger partial charge in [0.2, 0.25) is 0 Å². The number of hydrogen-bond acceptors (Lipinski definition) is 3. The normalized spacial score (nSPS) is 11.8. The van der Waals surface area contributed by atoms with Gasteiger partial charge in [-0.15, -0.1) is 0 Å². The molecule has 106 valence electrons. The van der Waals surface area contributed by atoms with E-state index in [1.807, 2.05) is 43.3 Å². The number of nitrogens with one attached hydrogen (secondary N) is 1. The summed E-state index contributed by atoms with van der Waals surface area (Å²) < 4.78 is 10.8. The van der Waals surface area contributed by atoms with Gasteiger partial charge in [-0.1, -0.05) is 24.3 Å². The summed E-state index contributed by atoms with van der Waals surface area (Å²) in [5, 5.41) is 3.46. The lowest BCUT2D eigenvalue weighted by atomic mass is 10.1. The Morgan fingerprint density at radius 3 is 2.40 bits per heavy atom. The topological polar surface area (TPSA) is 30.5 Å². The molecule has 3 heteroatoms. The molecule has 0 aliphatic heterocycles. The number of rotatable bonds is 6. The van der Waals surface area contributed by atoms with Gasteiger partial charge in [0.1, 0.15) is 11.5 Å². The molecule has 0 bridgehead atoms. The van der Waals surface area contributed by atoms with Gasteiger partial charge in [0, 0.05) is 6.04 Å². The van der Waals surface area contributed by atoms with Gasteiger partial charge in [-0.05, 0) is 43.7 Å². The number of benzene rings is 2. The van der Waals surface area contributed by atoms with E-state index in [-0.39, 0.29) is 6.04 Å². The first kappa shape index (κ1) is 14.3. The first-order chi connectivity index (χ1) is 9.74. The van der Waals surface area contributed by atoms with Crippen molar-refractivity contribution >= 4 is 5.69 Å². The van der Waals surface area contributed by atoms with Crippen molar-refractivity contribution < 1.29 is 9.47 Å². The van der Waals surface area contributed by atoms with E-state index in [1.165, 1.54) is 5.56 Å². The Morgan fingerprint density at radius 1 is 1.05 bits per heavy atom. The highest BCUT2D eigenvalue weighted by Gasteiger charge is 2.08. The number of para-hydroxylation sites is 2. The third-order valence-corrected chi connectivity index (χ3v) is 3.17. The van der Waals surface area contributed by atoms with E-state index in [4.69, 9.17) is 9.47 Å². The predicted molar refractivity (Wildman–Crippen MR) is 82.6 cm³/mol. The minimum absolute atomic E-state index is 0.196. The van der Waals surface area contributed by atoms with Crippen LogP contribution in [0.1, 0.15) is 25.5 Å². The third-order valence-electron chi connectivity index (χ3n) is 3.17. The molecule has 0 spiro atoms. The van der Waals surface area contributed by atoms with Crippen molar-refractivity contribution in [3.8, 4) is 11.5 Å². The summed E-state index contributed by atoms with van der Waals surface area (Å²) in [5.74, 6) is 1.76. The minimum atomic E-state index is 0.196. The van der Waals surface area contributed by atoms with Crippen molar-refractivity contribution in [3.05, 3.63) is 54.1 Å². The zero-order valence-corrected chi connectivity index (χ0v) is 12.2. The SMILES string of the molecule is CCOc1ccc(C(C)Nc2ccccc2OC)cc1. The Bertz CT molecular complexity index is 537. The fraction of sp³-hybridized carbons (Fsp3) is 0.294. The molecule has 0 radical (unpaired) electrons. The molecule has 0 fully saturated rings. The van der Waals surface area contributed by atoms with E-state index in [9.17, 15) is 0 Å². The zero-order valence-electron chi connectivity index (χ0n) is 12.2. The lowest BCUT2D eigenvalue weighted by molar-refractivity contribution is 0.340. The highest BCUT2D eigenvalue weighted by Crippen LogP contribution is 2.28. The van der Waals surface area contributed by atoms with Crippen molar-refractivity contribution in [2.75, 3.05) is 19.0 Å². The quantitative estimate of drug-likeness (QED) is 0.851. The second-order valence-electron chi connectivity index (χ2n) is 4.57. The summed E-state index contributed by atoms with van der Waals surface area (Å²) >= 11 is 0. The molecule has 1 unspecified atom stereocenters. The van der Waals surface area contributed by atoms with E-state index in [2.05, 4.69) is 24.4 Å². The van der Waals surface area contributed by atoms with Gasteiger partial charge >= 0.3 is 0 Å².